The largest absolute Gasteiger partial charge is 0.465 e. The van der Waals surface area contributed by atoms with E-state index in [0.29, 0.717) is 16.5 Å². The summed E-state index contributed by atoms with van der Waals surface area (Å²) >= 11 is 1.33. The number of hydrogen-bond donors (Lipinski definition) is 1. The molecule has 0 aliphatic carbocycles. The second-order valence-corrected chi connectivity index (χ2v) is 6.10. The van der Waals surface area contributed by atoms with Crippen LogP contribution in [0.4, 0.5) is 0 Å². The van der Waals surface area contributed by atoms with Gasteiger partial charge in [0.1, 0.15) is 6.54 Å². The zero-order valence-corrected chi connectivity index (χ0v) is 14.5. The van der Waals surface area contributed by atoms with E-state index < -0.39 is 11.2 Å². The van der Waals surface area contributed by atoms with Gasteiger partial charge in [0, 0.05) is 18.0 Å². The number of carbonyl (C=O) groups excluding carboxylic acids is 1. The predicted octanol–water partition coefficient (Wildman–Crippen LogP) is 1.05. The van der Waals surface area contributed by atoms with Gasteiger partial charge in [-0.3, -0.25) is 14.3 Å². The van der Waals surface area contributed by atoms with E-state index in [-0.39, 0.29) is 18.4 Å². The number of aromatic nitrogens is 4. The van der Waals surface area contributed by atoms with E-state index in [1.807, 2.05) is 12.1 Å². The Hall–Kier alpha value is -3.14. The highest BCUT2D eigenvalue weighted by atomic mass is 32.2. The van der Waals surface area contributed by atoms with Crippen molar-refractivity contribution in [1.82, 2.24) is 19.7 Å². The van der Waals surface area contributed by atoms with Crippen LogP contribution in [0.15, 0.2) is 55.8 Å². The number of ether oxygens (including phenoxy) is 1. The molecule has 134 valence electrons. The monoisotopic (exact) mass is 374 g/mol. The van der Waals surface area contributed by atoms with Crippen LogP contribution in [-0.2, 0) is 17.0 Å². The van der Waals surface area contributed by atoms with Gasteiger partial charge in [0.2, 0.25) is 5.89 Å². The number of thioether (sulfide) groups is 1. The Morgan fingerprint density at radius 1 is 1.23 bits per heavy atom. The normalized spacial score (nSPS) is 10.7. The average Bonchev–Trinajstić information content (AvgIpc) is 3.09. The van der Waals surface area contributed by atoms with Gasteiger partial charge < -0.3 is 9.15 Å². The van der Waals surface area contributed by atoms with Crippen molar-refractivity contribution in [3.8, 4) is 0 Å². The van der Waals surface area contributed by atoms with Crippen molar-refractivity contribution in [2.45, 2.75) is 17.5 Å². The van der Waals surface area contributed by atoms with E-state index >= 15 is 0 Å². The number of benzene rings is 1. The summed E-state index contributed by atoms with van der Waals surface area (Å²) in [6.45, 7) is 0.0665. The zero-order valence-electron chi connectivity index (χ0n) is 13.7. The fraction of sp³-hybridized carbons (Fsp3) is 0.188. The van der Waals surface area contributed by atoms with E-state index in [9.17, 15) is 14.4 Å². The smallest absolute Gasteiger partial charge is 0.337 e. The van der Waals surface area contributed by atoms with Crippen molar-refractivity contribution in [3.63, 3.8) is 0 Å². The molecule has 2 heterocycles. The van der Waals surface area contributed by atoms with Crippen molar-refractivity contribution in [3.05, 3.63) is 74.4 Å². The van der Waals surface area contributed by atoms with Gasteiger partial charge in [-0.25, -0.2) is 9.59 Å². The number of rotatable bonds is 6. The summed E-state index contributed by atoms with van der Waals surface area (Å²) in [5.74, 6) is 0.438. The van der Waals surface area contributed by atoms with Crippen molar-refractivity contribution in [2.75, 3.05) is 7.11 Å². The molecule has 1 aromatic carbocycles. The van der Waals surface area contributed by atoms with Crippen molar-refractivity contribution in [2.24, 2.45) is 0 Å². The molecule has 10 heteroatoms. The second-order valence-electron chi connectivity index (χ2n) is 5.18. The fourth-order valence-electron chi connectivity index (χ4n) is 2.07. The summed E-state index contributed by atoms with van der Waals surface area (Å²) < 4.78 is 11.4. The fourth-order valence-corrected chi connectivity index (χ4v) is 2.81. The number of methoxy groups -OCH3 is 1. The van der Waals surface area contributed by atoms with Gasteiger partial charge >= 0.3 is 11.7 Å². The Morgan fingerprint density at radius 2 is 2.00 bits per heavy atom. The first-order chi connectivity index (χ1) is 12.5. The third kappa shape index (κ3) is 4.28. The van der Waals surface area contributed by atoms with Gasteiger partial charge in [0.25, 0.3) is 10.8 Å². The Labute approximate surface area is 151 Å². The molecular formula is C16H14N4O5S. The van der Waals surface area contributed by atoms with Crippen LogP contribution in [0.1, 0.15) is 21.8 Å². The highest BCUT2D eigenvalue weighted by molar-refractivity contribution is 7.98. The molecule has 1 N–H and O–H groups in total. The maximum absolute atomic E-state index is 11.6. The van der Waals surface area contributed by atoms with Gasteiger partial charge in [-0.1, -0.05) is 23.9 Å². The molecule has 0 fully saturated rings. The van der Waals surface area contributed by atoms with Crippen LogP contribution < -0.4 is 11.2 Å². The first-order valence-corrected chi connectivity index (χ1v) is 8.46. The minimum absolute atomic E-state index is 0.0665. The van der Waals surface area contributed by atoms with E-state index in [1.54, 1.807) is 12.1 Å². The molecule has 0 spiro atoms. The second kappa shape index (κ2) is 7.83. The molecule has 2 aromatic heterocycles. The minimum atomic E-state index is -0.546. The van der Waals surface area contributed by atoms with Gasteiger partial charge in [-0.15, -0.1) is 10.2 Å². The van der Waals surface area contributed by atoms with Crippen molar-refractivity contribution >= 4 is 17.7 Å². The molecule has 3 aromatic rings. The molecule has 0 aliphatic rings. The topological polar surface area (TPSA) is 120 Å². The highest BCUT2D eigenvalue weighted by Crippen LogP contribution is 2.22. The van der Waals surface area contributed by atoms with Crippen LogP contribution in [0.5, 0.6) is 0 Å². The van der Waals surface area contributed by atoms with E-state index in [4.69, 9.17) is 4.42 Å². The summed E-state index contributed by atoms with van der Waals surface area (Å²) in [5, 5.41) is 8.16. The van der Waals surface area contributed by atoms with Crippen LogP contribution in [0.25, 0.3) is 0 Å². The van der Waals surface area contributed by atoms with E-state index in [1.165, 1.54) is 35.7 Å². The Morgan fingerprint density at radius 3 is 2.69 bits per heavy atom. The Bertz CT molecular complexity index is 1020. The summed E-state index contributed by atoms with van der Waals surface area (Å²) in [6.07, 6.45) is 1.36. The quantitative estimate of drug-likeness (QED) is 0.502. The van der Waals surface area contributed by atoms with Crippen LogP contribution in [0.3, 0.4) is 0 Å². The lowest BCUT2D eigenvalue weighted by Gasteiger charge is -2.01. The third-order valence-electron chi connectivity index (χ3n) is 3.39. The molecular weight excluding hydrogens is 360 g/mol. The van der Waals surface area contributed by atoms with Gasteiger partial charge in [0.15, 0.2) is 0 Å². The predicted molar refractivity (Wildman–Crippen MR) is 92.1 cm³/mol. The van der Waals surface area contributed by atoms with Crippen LogP contribution in [-0.4, -0.2) is 32.8 Å². The lowest BCUT2D eigenvalue weighted by molar-refractivity contribution is 0.0600. The molecule has 0 saturated heterocycles. The first-order valence-electron chi connectivity index (χ1n) is 7.47. The summed E-state index contributed by atoms with van der Waals surface area (Å²) in [6, 6.07) is 8.24. The number of carbonyl (C=O) groups is 1. The van der Waals surface area contributed by atoms with Gasteiger partial charge in [-0.05, 0) is 17.7 Å². The summed E-state index contributed by atoms with van der Waals surface area (Å²) in [7, 11) is 1.33. The van der Waals surface area contributed by atoms with Gasteiger partial charge in [-0.2, -0.15) is 0 Å². The molecule has 3 rings (SSSR count). The summed E-state index contributed by atoms with van der Waals surface area (Å²) in [5.41, 5.74) is 0.439. The Balaban J connectivity index is 1.61. The highest BCUT2D eigenvalue weighted by Gasteiger charge is 2.10. The van der Waals surface area contributed by atoms with Crippen LogP contribution >= 0.6 is 11.8 Å². The lowest BCUT2D eigenvalue weighted by atomic mass is 10.1. The maximum atomic E-state index is 11.6. The molecule has 0 bridgehead atoms. The minimum Gasteiger partial charge on any atom is -0.465 e. The molecule has 26 heavy (non-hydrogen) atoms. The third-order valence-corrected chi connectivity index (χ3v) is 4.28. The number of H-pyrrole nitrogens is 1. The van der Waals surface area contributed by atoms with E-state index in [2.05, 4.69) is 19.9 Å². The van der Waals surface area contributed by atoms with Crippen LogP contribution in [0, 0.1) is 0 Å². The number of nitrogens with zero attached hydrogens (tertiary/aromatic N) is 3. The molecule has 0 atom stereocenters. The molecule has 0 radical (unpaired) electrons. The molecule has 0 unspecified atom stereocenters. The lowest BCUT2D eigenvalue weighted by Crippen LogP contribution is -2.28. The summed E-state index contributed by atoms with van der Waals surface area (Å²) in [4.78, 5) is 36.2. The zero-order chi connectivity index (χ0) is 18.5. The number of nitrogens with one attached hydrogen (secondary N) is 1. The Kier molecular flexibility index (Phi) is 5.32. The van der Waals surface area contributed by atoms with Gasteiger partial charge in [0.05, 0.1) is 12.7 Å². The van der Waals surface area contributed by atoms with Crippen LogP contribution in [0.2, 0.25) is 0 Å². The van der Waals surface area contributed by atoms with Crippen molar-refractivity contribution in [1.29, 1.82) is 0 Å². The van der Waals surface area contributed by atoms with Crippen molar-refractivity contribution < 1.29 is 13.9 Å². The number of esters is 1. The van der Waals surface area contributed by atoms with E-state index in [0.717, 1.165) is 5.56 Å². The molecule has 9 nitrogen and oxygen atoms in total. The number of hydrogen-bond acceptors (Lipinski definition) is 8. The molecule has 0 amide bonds. The SMILES string of the molecule is COC(=O)c1ccc(CSc2nnc(Cn3ccc(=O)[nH]c3=O)o2)cc1. The maximum Gasteiger partial charge on any atom is 0.337 e. The first kappa shape index (κ1) is 17.7. The standard InChI is InChI=1S/C16H14N4O5S/c1-24-14(22)11-4-2-10(3-5-11)9-26-16-19-18-13(25-16)8-20-7-6-12(21)17-15(20)23/h2-7H,8-9H2,1H3,(H,17,21,23). The number of aromatic amines is 1. The molecule has 0 saturated carbocycles. The average molecular weight is 374 g/mol. The molecule has 0 aliphatic heterocycles.